The summed E-state index contributed by atoms with van der Waals surface area (Å²) in [6, 6.07) is 8.85. The summed E-state index contributed by atoms with van der Waals surface area (Å²) < 4.78 is 0. The first-order valence-electron chi connectivity index (χ1n) is 6.35. The van der Waals surface area contributed by atoms with Crippen molar-refractivity contribution >= 4 is 17.4 Å². The molecule has 0 aromatic heterocycles. The van der Waals surface area contributed by atoms with Crippen molar-refractivity contribution in [3.8, 4) is 0 Å². The van der Waals surface area contributed by atoms with Crippen LogP contribution in [0.25, 0.3) is 0 Å². The Kier molecular flexibility index (Phi) is 4.75. The van der Waals surface area contributed by atoms with Crippen molar-refractivity contribution in [2.24, 2.45) is 5.92 Å². The third-order valence-electron chi connectivity index (χ3n) is 3.55. The molecule has 3 heteroatoms. The van der Waals surface area contributed by atoms with Gasteiger partial charge in [-0.1, -0.05) is 0 Å². The lowest BCUT2D eigenvalue weighted by molar-refractivity contribution is 0.533. The lowest BCUT2D eigenvalue weighted by Crippen LogP contribution is -2.21. The van der Waals surface area contributed by atoms with Crippen molar-refractivity contribution in [3.63, 3.8) is 0 Å². The molecule has 94 valence electrons. The first-order valence-corrected chi connectivity index (χ1v) is 7.58. The second-order valence-corrected chi connectivity index (χ2v) is 5.65. The molecule has 0 spiro atoms. The molecule has 0 radical (unpaired) electrons. The third-order valence-corrected chi connectivity index (χ3v) is 4.29. The van der Waals surface area contributed by atoms with Gasteiger partial charge in [0.25, 0.3) is 0 Å². The molecular weight excluding hydrogens is 228 g/mol. The molecule has 0 saturated carbocycles. The molecule has 1 N–H and O–H groups in total. The van der Waals surface area contributed by atoms with E-state index in [0.29, 0.717) is 0 Å². The van der Waals surface area contributed by atoms with Crippen molar-refractivity contribution in [1.82, 2.24) is 5.32 Å². The normalized spacial score (nSPS) is 19.5. The van der Waals surface area contributed by atoms with Crippen LogP contribution in [0.5, 0.6) is 0 Å². The van der Waals surface area contributed by atoms with E-state index in [0.717, 1.165) is 12.5 Å². The van der Waals surface area contributed by atoms with Crippen molar-refractivity contribution in [3.05, 3.63) is 24.3 Å². The highest BCUT2D eigenvalue weighted by molar-refractivity contribution is 7.98. The zero-order valence-electron chi connectivity index (χ0n) is 10.8. The second kappa shape index (κ2) is 6.31. The fourth-order valence-corrected chi connectivity index (χ4v) is 2.71. The van der Waals surface area contributed by atoms with Gasteiger partial charge in [-0.05, 0) is 62.4 Å². The van der Waals surface area contributed by atoms with Crippen LogP contribution in [0.4, 0.5) is 5.69 Å². The van der Waals surface area contributed by atoms with Crippen LogP contribution in [0.15, 0.2) is 29.2 Å². The predicted molar refractivity (Wildman–Crippen MR) is 77.1 cm³/mol. The van der Waals surface area contributed by atoms with E-state index in [1.165, 1.54) is 36.5 Å². The molecule has 1 aliphatic heterocycles. The Balaban J connectivity index is 1.83. The summed E-state index contributed by atoms with van der Waals surface area (Å²) in [5, 5.41) is 3.43. The van der Waals surface area contributed by atoms with Gasteiger partial charge in [0.2, 0.25) is 0 Å². The molecule has 1 aromatic carbocycles. The Morgan fingerprint density at radius 3 is 2.71 bits per heavy atom. The van der Waals surface area contributed by atoms with Crippen molar-refractivity contribution < 1.29 is 0 Å². The lowest BCUT2D eigenvalue weighted by atomic mass is 10.0. The summed E-state index contributed by atoms with van der Waals surface area (Å²) in [6.07, 6.45) is 4.76. The maximum atomic E-state index is 3.43. The van der Waals surface area contributed by atoms with Gasteiger partial charge < -0.3 is 10.2 Å². The van der Waals surface area contributed by atoms with Gasteiger partial charge in [0.1, 0.15) is 0 Å². The standard InChI is InChI=1S/C14H22N2S/c1-16(10-8-12-7-9-15-11-12)13-3-5-14(17-2)6-4-13/h3-6,12,15H,7-11H2,1-2H3. The van der Waals surface area contributed by atoms with E-state index in [-0.39, 0.29) is 0 Å². The highest BCUT2D eigenvalue weighted by Crippen LogP contribution is 2.21. The zero-order valence-corrected chi connectivity index (χ0v) is 11.6. The first kappa shape index (κ1) is 12.8. The average molecular weight is 250 g/mol. The van der Waals surface area contributed by atoms with Gasteiger partial charge in [-0.2, -0.15) is 0 Å². The van der Waals surface area contributed by atoms with E-state index >= 15 is 0 Å². The van der Waals surface area contributed by atoms with Crippen LogP contribution in [-0.2, 0) is 0 Å². The van der Waals surface area contributed by atoms with E-state index < -0.39 is 0 Å². The summed E-state index contributed by atoms with van der Waals surface area (Å²) in [5.41, 5.74) is 1.33. The van der Waals surface area contributed by atoms with Gasteiger partial charge in [-0.15, -0.1) is 11.8 Å². The lowest BCUT2D eigenvalue weighted by Gasteiger charge is -2.21. The average Bonchev–Trinajstić information content (AvgIpc) is 2.89. The van der Waals surface area contributed by atoms with Gasteiger partial charge >= 0.3 is 0 Å². The minimum atomic E-state index is 0.878. The largest absolute Gasteiger partial charge is 0.375 e. The minimum absolute atomic E-state index is 0.878. The predicted octanol–water partition coefficient (Wildman–Crippen LogP) is 2.84. The molecule has 1 saturated heterocycles. The number of thioether (sulfide) groups is 1. The molecule has 0 bridgehead atoms. The van der Waals surface area contributed by atoms with Crippen LogP contribution in [0, 0.1) is 5.92 Å². The SMILES string of the molecule is CSc1ccc(N(C)CCC2CCNC2)cc1. The molecule has 1 fully saturated rings. The Hall–Kier alpha value is -0.670. The number of rotatable bonds is 5. The van der Waals surface area contributed by atoms with Crippen LogP contribution in [0.3, 0.4) is 0 Å². The summed E-state index contributed by atoms with van der Waals surface area (Å²) in [7, 11) is 2.19. The Bertz CT molecular complexity index is 331. The molecule has 17 heavy (non-hydrogen) atoms. The first-order chi connectivity index (χ1) is 8.29. The van der Waals surface area contributed by atoms with E-state index in [2.05, 4.69) is 47.8 Å². The number of anilines is 1. The van der Waals surface area contributed by atoms with Crippen LogP contribution >= 0.6 is 11.8 Å². The number of hydrogen-bond donors (Lipinski definition) is 1. The van der Waals surface area contributed by atoms with Gasteiger partial charge in [-0.3, -0.25) is 0 Å². The Labute approximate surface area is 109 Å². The van der Waals surface area contributed by atoms with Gasteiger partial charge in [0.05, 0.1) is 0 Å². The third kappa shape index (κ3) is 3.65. The van der Waals surface area contributed by atoms with Crippen molar-refractivity contribution in [1.29, 1.82) is 0 Å². The fourth-order valence-electron chi connectivity index (χ4n) is 2.30. The Morgan fingerprint density at radius 1 is 1.35 bits per heavy atom. The zero-order chi connectivity index (χ0) is 12.1. The van der Waals surface area contributed by atoms with Crippen LogP contribution in [0.1, 0.15) is 12.8 Å². The van der Waals surface area contributed by atoms with E-state index in [9.17, 15) is 0 Å². The highest BCUT2D eigenvalue weighted by atomic mass is 32.2. The molecule has 1 unspecified atom stereocenters. The molecule has 2 nitrogen and oxygen atoms in total. The van der Waals surface area contributed by atoms with Crippen molar-refractivity contribution in [2.75, 3.05) is 37.8 Å². The minimum Gasteiger partial charge on any atom is -0.375 e. The molecule has 1 aromatic rings. The molecule has 0 amide bonds. The topological polar surface area (TPSA) is 15.3 Å². The quantitative estimate of drug-likeness (QED) is 0.809. The Morgan fingerprint density at radius 2 is 2.12 bits per heavy atom. The maximum absolute atomic E-state index is 3.43. The number of benzene rings is 1. The van der Waals surface area contributed by atoms with E-state index in [4.69, 9.17) is 0 Å². The molecule has 1 atom stereocenters. The van der Waals surface area contributed by atoms with Crippen LogP contribution in [0.2, 0.25) is 0 Å². The van der Waals surface area contributed by atoms with Crippen LogP contribution < -0.4 is 10.2 Å². The molecule has 0 aliphatic carbocycles. The summed E-state index contributed by atoms with van der Waals surface area (Å²) in [6.45, 7) is 3.57. The summed E-state index contributed by atoms with van der Waals surface area (Å²) in [5.74, 6) is 0.878. The van der Waals surface area contributed by atoms with Gasteiger partial charge in [-0.25, -0.2) is 0 Å². The van der Waals surface area contributed by atoms with Crippen LogP contribution in [-0.4, -0.2) is 32.9 Å². The highest BCUT2D eigenvalue weighted by Gasteiger charge is 2.14. The number of nitrogens with zero attached hydrogens (tertiary/aromatic N) is 1. The van der Waals surface area contributed by atoms with Crippen molar-refractivity contribution in [2.45, 2.75) is 17.7 Å². The molecule has 1 aliphatic rings. The van der Waals surface area contributed by atoms with E-state index in [1.54, 1.807) is 11.8 Å². The van der Waals surface area contributed by atoms with Gasteiger partial charge in [0.15, 0.2) is 0 Å². The molecular formula is C14H22N2S. The van der Waals surface area contributed by atoms with Gasteiger partial charge in [0, 0.05) is 24.2 Å². The number of nitrogens with one attached hydrogen (secondary N) is 1. The summed E-state index contributed by atoms with van der Waals surface area (Å²) >= 11 is 1.80. The fraction of sp³-hybridized carbons (Fsp3) is 0.571. The smallest absolute Gasteiger partial charge is 0.0364 e. The number of hydrogen-bond acceptors (Lipinski definition) is 3. The second-order valence-electron chi connectivity index (χ2n) is 4.77. The summed E-state index contributed by atoms with van der Waals surface area (Å²) in [4.78, 5) is 3.70. The van der Waals surface area contributed by atoms with E-state index in [1.807, 2.05) is 0 Å². The monoisotopic (exact) mass is 250 g/mol. The molecule has 2 rings (SSSR count). The maximum Gasteiger partial charge on any atom is 0.0364 e. The molecule has 1 heterocycles.